The molecule has 1 unspecified atom stereocenters. The van der Waals surface area contributed by atoms with Crippen molar-refractivity contribution in [1.82, 2.24) is 9.97 Å². The van der Waals surface area contributed by atoms with E-state index in [9.17, 15) is 0 Å². The van der Waals surface area contributed by atoms with Crippen LogP contribution in [0, 0.1) is 0 Å². The Kier molecular flexibility index (Phi) is 4.24. The van der Waals surface area contributed by atoms with Gasteiger partial charge >= 0.3 is 0 Å². The van der Waals surface area contributed by atoms with Crippen LogP contribution in [-0.4, -0.2) is 24.1 Å². The Bertz CT molecular complexity index is 570. The Labute approximate surface area is 118 Å². The highest BCUT2D eigenvalue weighted by molar-refractivity contribution is 5.51. The van der Waals surface area contributed by atoms with Gasteiger partial charge in [0.25, 0.3) is 0 Å². The molecule has 0 fully saturated rings. The van der Waals surface area contributed by atoms with E-state index in [4.69, 9.17) is 10.5 Å². The summed E-state index contributed by atoms with van der Waals surface area (Å²) in [5, 5.41) is 6.25. The SMILES string of the molecule is CNc1cc(NC(C)c2ccc(OC)cc2)nc(N)n1. The molecule has 1 aromatic heterocycles. The molecule has 0 spiro atoms. The third-order valence-electron chi connectivity index (χ3n) is 2.98. The van der Waals surface area contributed by atoms with Gasteiger partial charge < -0.3 is 21.1 Å². The summed E-state index contributed by atoms with van der Waals surface area (Å²) in [6.07, 6.45) is 0. The van der Waals surface area contributed by atoms with Gasteiger partial charge in [0.15, 0.2) is 0 Å². The molecular weight excluding hydrogens is 254 g/mol. The molecule has 6 heteroatoms. The van der Waals surface area contributed by atoms with Crippen LogP contribution in [0.4, 0.5) is 17.6 Å². The quantitative estimate of drug-likeness (QED) is 0.775. The summed E-state index contributed by atoms with van der Waals surface area (Å²) in [6.45, 7) is 2.05. The predicted molar refractivity (Wildman–Crippen MR) is 81.0 cm³/mol. The molecule has 106 valence electrons. The van der Waals surface area contributed by atoms with E-state index in [1.165, 1.54) is 0 Å². The van der Waals surface area contributed by atoms with E-state index < -0.39 is 0 Å². The highest BCUT2D eigenvalue weighted by atomic mass is 16.5. The molecule has 1 heterocycles. The molecule has 1 aromatic carbocycles. The fourth-order valence-electron chi connectivity index (χ4n) is 1.87. The van der Waals surface area contributed by atoms with E-state index >= 15 is 0 Å². The number of hydrogen-bond donors (Lipinski definition) is 3. The first-order valence-corrected chi connectivity index (χ1v) is 6.35. The number of anilines is 3. The zero-order chi connectivity index (χ0) is 14.5. The van der Waals surface area contributed by atoms with Crippen LogP contribution in [0.25, 0.3) is 0 Å². The lowest BCUT2D eigenvalue weighted by Gasteiger charge is -2.16. The topological polar surface area (TPSA) is 85.1 Å². The van der Waals surface area contributed by atoms with E-state index in [-0.39, 0.29) is 12.0 Å². The van der Waals surface area contributed by atoms with Crippen LogP contribution in [0.1, 0.15) is 18.5 Å². The van der Waals surface area contributed by atoms with Gasteiger partial charge in [-0.1, -0.05) is 12.1 Å². The molecule has 0 saturated carbocycles. The van der Waals surface area contributed by atoms with E-state index in [1.54, 1.807) is 14.2 Å². The van der Waals surface area contributed by atoms with E-state index in [1.807, 2.05) is 30.3 Å². The zero-order valence-corrected chi connectivity index (χ0v) is 11.8. The van der Waals surface area contributed by atoms with Crippen molar-refractivity contribution in [2.45, 2.75) is 13.0 Å². The van der Waals surface area contributed by atoms with Gasteiger partial charge in [0.05, 0.1) is 7.11 Å². The van der Waals surface area contributed by atoms with Crippen molar-refractivity contribution in [3.8, 4) is 5.75 Å². The number of hydrogen-bond acceptors (Lipinski definition) is 6. The molecule has 6 nitrogen and oxygen atoms in total. The van der Waals surface area contributed by atoms with Crippen LogP contribution < -0.4 is 21.1 Å². The minimum Gasteiger partial charge on any atom is -0.497 e. The van der Waals surface area contributed by atoms with Gasteiger partial charge in [-0.25, -0.2) is 0 Å². The van der Waals surface area contributed by atoms with Gasteiger partial charge in [0.2, 0.25) is 5.95 Å². The van der Waals surface area contributed by atoms with E-state index in [2.05, 4.69) is 27.5 Å². The highest BCUT2D eigenvalue weighted by Gasteiger charge is 2.08. The molecule has 0 aliphatic carbocycles. The maximum absolute atomic E-state index is 5.67. The summed E-state index contributed by atoms with van der Waals surface area (Å²) in [4.78, 5) is 8.23. The smallest absolute Gasteiger partial charge is 0.223 e. The van der Waals surface area contributed by atoms with Gasteiger partial charge in [0, 0.05) is 19.2 Å². The fraction of sp³-hybridized carbons (Fsp3) is 0.286. The van der Waals surface area contributed by atoms with Crippen molar-refractivity contribution in [1.29, 1.82) is 0 Å². The number of rotatable bonds is 5. The number of nitrogen functional groups attached to an aromatic ring is 1. The molecule has 0 radical (unpaired) electrons. The van der Waals surface area contributed by atoms with Crippen LogP contribution in [0.5, 0.6) is 5.75 Å². The largest absolute Gasteiger partial charge is 0.497 e. The molecule has 0 saturated heterocycles. The molecule has 4 N–H and O–H groups in total. The van der Waals surface area contributed by atoms with Gasteiger partial charge in [-0.3, -0.25) is 0 Å². The van der Waals surface area contributed by atoms with Crippen molar-refractivity contribution < 1.29 is 4.74 Å². The number of methoxy groups -OCH3 is 1. The molecule has 2 rings (SSSR count). The normalized spacial score (nSPS) is 11.8. The van der Waals surface area contributed by atoms with Gasteiger partial charge in [-0.05, 0) is 24.6 Å². The summed E-state index contributed by atoms with van der Waals surface area (Å²) in [7, 11) is 3.44. The molecular formula is C14H19N5O. The van der Waals surface area contributed by atoms with E-state index in [0.29, 0.717) is 11.6 Å². The predicted octanol–water partition coefficient (Wildman–Crippen LogP) is 2.28. The third-order valence-corrected chi connectivity index (χ3v) is 2.98. The molecule has 0 amide bonds. The minimum atomic E-state index is 0.0971. The molecule has 0 aliphatic rings. The number of aromatic nitrogens is 2. The average molecular weight is 273 g/mol. The molecule has 0 aliphatic heterocycles. The Morgan fingerprint density at radius 1 is 1.15 bits per heavy atom. The van der Waals surface area contributed by atoms with Gasteiger partial charge in [-0.2, -0.15) is 9.97 Å². The zero-order valence-electron chi connectivity index (χ0n) is 11.8. The van der Waals surface area contributed by atoms with Crippen LogP contribution in [0.2, 0.25) is 0 Å². The number of nitrogens with two attached hydrogens (primary N) is 1. The molecule has 2 aromatic rings. The molecule has 0 bridgehead atoms. The summed E-state index contributed by atoms with van der Waals surface area (Å²) in [5.41, 5.74) is 6.80. The van der Waals surface area contributed by atoms with Crippen LogP contribution in [-0.2, 0) is 0 Å². The first kappa shape index (κ1) is 13.9. The Hall–Kier alpha value is -2.50. The standard InChI is InChI=1S/C14H19N5O/c1-9(10-4-6-11(20-3)7-5-10)17-13-8-12(16-2)18-14(15)19-13/h4-9H,1-3H3,(H4,15,16,17,18,19). The maximum Gasteiger partial charge on any atom is 0.223 e. The summed E-state index contributed by atoms with van der Waals surface area (Å²) < 4.78 is 5.15. The summed E-state index contributed by atoms with van der Waals surface area (Å²) >= 11 is 0. The highest BCUT2D eigenvalue weighted by Crippen LogP contribution is 2.22. The van der Waals surface area contributed by atoms with Crippen LogP contribution >= 0.6 is 0 Å². The number of nitrogens with zero attached hydrogens (tertiary/aromatic N) is 2. The Morgan fingerprint density at radius 2 is 1.80 bits per heavy atom. The second kappa shape index (κ2) is 6.10. The fourth-order valence-corrected chi connectivity index (χ4v) is 1.87. The summed E-state index contributed by atoms with van der Waals surface area (Å²) in [5.74, 6) is 2.44. The Morgan fingerprint density at radius 3 is 2.40 bits per heavy atom. The van der Waals surface area contributed by atoms with E-state index in [0.717, 1.165) is 11.3 Å². The number of benzene rings is 1. The second-order valence-electron chi connectivity index (χ2n) is 4.39. The van der Waals surface area contributed by atoms with Crippen molar-refractivity contribution in [3.63, 3.8) is 0 Å². The van der Waals surface area contributed by atoms with Crippen molar-refractivity contribution in [2.75, 3.05) is 30.5 Å². The molecule has 1 atom stereocenters. The average Bonchev–Trinajstić information content (AvgIpc) is 2.46. The Balaban J connectivity index is 2.13. The lowest BCUT2D eigenvalue weighted by Crippen LogP contribution is -2.10. The third kappa shape index (κ3) is 3.28. The number of nitrogens with one attached hydrogen (secondary N) is 2. The lowest BCUT2D eigenvalue weighted by molar-refractivity contribution is 0.414. The number of ether oxygens (including phenoxy) is 1. The van der Waals surface area contributed by atoms with Crippen LogP contribution in [0.3, 0.4) is 0 Å². The van der Waals surface area contributed by atoms with Crippen molar-refractivity contribution >= 4 is 17.6 Å². The first-order valence-electron chi connectivity index (χ1n) is 6.35. The molecule has 20 heavy (non-hydrogen) atoms. The van der Waals surface area contributed by atoms with Gasteiger partial charge in [-0.15, -0.1) is 0 Å². The van der Waals surface area contributed by atoms with Crippen LogP contribution in [0.15, 0.2) is 30.3 Å². The first-order chi connectivity index (χ1) is 9.62. The monoisotopic (exact) mass is 273 g/mol. The van der Waals surface area contributed by atoms with Gasteiger partial charge in [0.1, 0.15) is 17.4 Å². The van der Waals surface area contributed by atoms with Crippen molar-refractivity contribution in [3.05, 3.63) is 35.9 Å². The lowest BCUT2D eigenvalue weighted by atomic mass is 10.1. The maximum atomic E-state index is 5.67. The second-order valence-corrected chi connectivity index (χ2v) is 4.39. The van der Waals surface area contributed by atoms with Crippen molar-refractivity contribution in [2.24, 2.45) is 0 Å². The summed E-state index contributed by atoms with van der Waals surface area (Å²) in [6, 6.07) is 9.80. The minimum absolute atomic E-state index is 0.0971.